The summed E-state index contributed by atoms with van der Waals surface area (Å²) >= 11 is 0. The van der Waals surface area contributed by atoms with Gasteiger partial charge < -0.3 is 19.3 Å². The normalized spacial score (nSPS) is 21.3. The Balaban J connectivity index is 1.69. The first kappa shape index (κ1) is 19.0. The first-order chi connectivity index (χ1) is 12.5. The largest absolute Gasteiger partial charge is 0.378 e. The van der Waals surface area contributed by atoms with Crippen molar-refractivity contribution in [3.05, 3.63) is 17.6 Å². The molecule has 2 aliphatic rings. The summed E-state index contributed by atoms with van der Waals surface area (Å²) in [6.07, 6.45) is 2.11. The highest BCUT2D eigenvalue weighted by molar-refractivity contribution is 5.77. The number of rotatable bonds is 5. The topological polar surface area (TPSA) is 67.8 Å². The van der Waals surface area contributed by atoms with E-state index in [-0.39, 0.29) is 24.5 Å². The Kier molecular flexibility index (Phi) is 6.43. The number of likely N-dealkylation sites (tertiary alicyclic amines) is 1. The third-order valence-electron chi connectivity index (χ3n) is 4.91. The van der Waals surface area contributed by atoms with Crippen LogP contribution in [0.15, 0.2) is 6.07 Å². The van der Waals surface area contributed by atoms with Gasteiger partial charge in [0.1, 0.15) is 18.2 Å². The van der Waals surface area contributed by atoms with Gasteiger partial charge in [-0.15, -0.1) is 0 Å². The second-order valence-electron chi connectivity index (χ2n) is 7.34. The van der Waals surface area contributed by atoms with Crippen molar-refractivity contribution in [1.82, 2.24) is 14.9 Å². The van der Waals surface area contributed by atoms with Crippen LogP contribution in [-0.4, -0.2) is 72.9 Å². The second kappa shape index (κ2) is 8.77. The summed E-state index contributed by atoms with van der Waals surface area (Å²) in [4.78, 5) is 25.9. The molecule has 1 aromatic rings. The number of piperidine rings is 1. The maximum absolute atomic E-state index is 12.4. The molecule has 26 heavy (non-hydrogen) atoms. The van der Waals surface area contributed by atoms with Gasteiger partial charge in [0.2, 0.25) is 5.91 Å². The maximum Gasteiger partial charge on any atom is 0.248 e. The van der Waals surface area contributed by atoms with Gasteiger partial charge in [0.15, 0.2) is 0 Å². The van der Waals surface area contributed by atoms with Crippen LogP contribution in [0.25, 0.3) is 0 Å². The van der Waals surface area contributed by atoms with Crippen molar-refractivity contribution in [3.63, 3.8) is 0 Å². The Morgan fingerprint density at radius 2 is 2.08 bits per heavy atom. The van der Waals surface area contributed by atoms with E-state index in [0.717, 1.165) is 63.0 Å². The minimum atomic E-state index is 0.0696. The first-order valence-electron chi connectivity index (χ1n) is 9.60. The number of aryl methyl sites for hydroxylation is 1. The fourth-order valence-electron chi connectivity index (χ4n) is 3.51. The van der Waals surface area contributed by atoms with Crippen molar-refractivity contribution in [3.8, 4) is 0 Å². The molecule has 0 unspecified atom stereocenters. The summed E-state index contributed by atoms with van der Waals surface area (Å²) in [5, 5.41) is 0. The smallest absolute Gasteiger partial charge is 0.248 e. The molecule has 2 aliphatic heterocycles. The van der Waals surface area contributed by atoms with E-state index in [0.29, 0.717) is 6.54 Å². The third kappa shape index (κ3) is 4.92. The summed E-state index contributed by atoms with van der Waals surface area (Å²) in [7, 11) is 0. The lowest BCUT2D eigenvalue weighted by atomic mass is 9.94. The number of hydrogen-bond donors (Lipinski definition) is 0. The second-order valence-corrected chi connectivity index (χ2v) is 7.34. The van der Waals surface area contributed by atoms with Crippen molar-refractivity contribution in [2.75, 3.05) is 50.9 Å². The lowest BCUT2D eigenvalue weighted by molar-refractivity contribution is -0.138. The number of anilines is 1. The van der Waals surface area contributed by atoms with Crippen LogP contribution < -0.4 is 4.90 Å². The zero-order chi connectivity index (χ0) is 18.5. The molecule has 2 saturated heterocycles. The minimum absolute atomic E-state index is 0.0696. The average Bonchev–Trinajstić information content (AvgIpc) is 2.66. The van der Waals surface area contributed by atoms with E-state index in [1.807, 2.05) is 25.7 Å². The molecule has 7 nitrogen and oxygen atoms in total. The Bertz CT molecular complexity index is 617. The van der Waals surface area contributed by atoms with Crippen LogP contribution >= 0.6 is 0 Å². The van der Waals surface area contributed by atoms with Crippen molar-refractivity contribution >= 4 is 11.7 Å². The maximum atomic E-state index is 12.4. The summed E-state index contributed by atoms with van der Waals surface area (Å²) in [6.45, 7) is 10.7. The van der Waals surface area contributed by atoms with Crippen LogP contribution in [-0.2, 0) is 14.3 Å². The van der Waals surface area contributed by atoms with Gasteiger partial charge in [0.25, 0.3) is 0 Å². The van der Waals surface area contributed by atoms with E-state index in [2.05, 4.69) is 20.9 Å². The summed E-state index contributed by atoms with van der Waals surface area (Å²) in [6, 6.07) is 2.10. The number of aromatic nitrogens is 2. The van der Waals surface area contributed by atoms with Gasteiger partial charge in [-0.3, -0.25) is 4.79 Å². The predicted octanol–water partition coefficient (Wildman–Crippen LogP) is 1.75. The van der Waals surface area contributed by atoms with Crippen molar-refractivity contribution < 1.29 is 14.3 Å². The number of carbonyl (C=O) groups is 1. The highest BCUT2D eigenvalue weighted by Crippen LogP contribution is 2.28. The quantitative estimate of drug-likeness (QED) is 0.795. The number of morpholine rings is 1. The molecule has 0 bridgehead atoms. The molecule has 2 fully saturated rings. The van der Waals surface area contributed by atoms with Crippen molar-refractivity contribution in [2.45, 2.75) is 45.6 Å². The molecule has 3 heterocycles. The van der Waals surface area contributed by atoms with Gasteiger partial charge in [-0.25, -0.2) is 9.97 Å². The van der Waals surface area contributed by atoms with Gasteiger partial charge in [-0.05, 0) is 33.6 Å². The highest BCUT2D eigenvalue weighted by Gasteiger charge is 2.27. The molecule has 0 spiro atoms. The predicted molar refractivity (Wildman–Crippen MR) is 99.4 cm³/mol. The molecular weight excluding hydrogens is 332 g/mol. The SMILES string of the molecule is Cc1nc([C@H]2CCCN(C(=O)COC(C)C)C2)cc(N2CCOCC2)n1. The number of carbonyl (C=O) groups excluding carboxylic acids is 1. The Morgan fingerprint density at radius 1 is 1.31 bits per heavy atom. The summed E-state index contributed by atoms with van der Waals surface area (Å²) in [5.74, 6) is 2.09. The molecule has 1 atom stereocenters. The molecule has 144 valence electrons. The van der Waals surface area contributed by atoms with Crippen LogP contribution in [0.4, 0.5) is 5.82 Å². The van der Waals surface area contributed by atoms with Gasteiger partial charge in [0.05, 0.1) is 25.0 Å². The molecular formula is C19H30N4O3. The molecule has 7 heteroatoms. The average molecular weight is 362 g/mol. The first-order valence-corrected chi connectivity index (χ1v) is 9.60. The number of nitrogens with zero attached hydrogens (tertiary/aromatic N) is 4. The molecule has 1 amide bonds. The minimum Gasteiger partial charge on any atom is -0.378 e. The fraction of sp³-hybridized carbons (Fsp3) is 0.737. The van der Waals surface area contributed by atoms with Crippen LogP contribution in [0, 0.1) is 6.92 Å². The third-order valence-corrected chi connectivity index (χ3v) is 4.91. The fourth-order valence-corrected chi connectivity index (χ4v) is 3.51. The molecule has 0 aromatic carbocycles. The Hall–Kier alpha value is -1.73. The van der Waals surface area contributed by atoms with E-state index in [1.165, 1.54) is 0 Å². The van der Waals surface area contributed by atoms with E-state index in [1.54, 1.807) is 0 Å². The number of hydrogen-bond acceptors (Lipinski definition) is 6. The van der Waals surface area contributed by atoms with Crippen LogP contribution in [0.2, 0.25) is 0 Å². The summed E-state index contributed by atoms with van der Waals surface area (Å²) < 4.78 is 10.9. The lowest BCUT2D eigenvalue weighted by Gasteiger charge is -2.33. The number of ether oxygens (including phenoxy) is 2. The molecule has 0 saturated carbocycles. The van der Waals surface area contributed by atoms with Gasteiger partial charge in [0, 0.05) is 38.2 Å². The van der Waals surface area contributed by atoms with Crippen molar-refractivity contribution in [1.29, 1.82) is 0 Å². The van der Waals surface area contributed by atoms with Crippen LogP contribution in [0.3, 0.4) is 0 Å². The molecule has 3 rings (SSSR count). The van der Waals surface area contributed by atoms with Gasteiger partial charge in [-0.1, -0.05) is 0 Å². The van der Waals surface area contributed by atoms with Crippen LogP contribution in [0.5, 0.6) is 0 Å². The summed E-state index contributed by atoms with van der Waals surface area (Å²) in [5.41, 5.74) is 1.04. The highest BCUT2D eigenvalue weighted by atomic mass is 16.5. The molecule has 0 N–H and O–H groups in total. The van der Waals surface area contributed by atoms with Gasteiger partial charge >= 0.3 is 0 Å². The van der Waals surface area contributed by atoms with Gasteiger partial charge in [-0.2, -0.15) is 0 Å². The van der Waals surface area contributed by atoms with E-state index in [9.17, 15) is 4.79 Å². The van der Waals surface area contributed by atoms with E-state index < -0.39 is 0 Å². The van der Waals surface area contributed by atoms with Crippen LogP contribution in [0.1, 0.15) is 44.1 Å². The van der Waals surface area contributed by atoms with E-state index >= 15 is 0 Å². The van der Waals surface area contributed by atoms with E-state index in [4.69, 9.17) is 9.47 Å². The zero-order valence-corrected chi connectivity index (χ0v) is 16.1. The molecule has 0 radical (unpaired) electrons. The Morgan fingerprint density at radius 3 is 2.81 bits per heavy atom. The van der Waals surface area contributed by atoms with Crippen molar-refractivity contribution in [2.24, 2.45) is 0 Å². The lowest BCUT2D eigenvalue weighted by Crippen LogP contribution is -2.41. The standard InChI is InChI=1S/C19H30N4O3/c1-14(2)26-13-19(24)23-6-4-5-16(12-23)17-11-18(21-15(3)20-17)22-7-9-25-10-8-22/h11,14,16H,4-10,12-13H2,1-3H3/t16-/m0/s1. The zero-order valence-electron chi connectivity index (χ0n) is 16.1. The Labute approximate surface area is 155 Å². The monoisotopic (exact) mass is 362 g/mol. The molecule has 1 aromatic heterocycles. The number of amides is 1. The molecule has 0 aliphatic carbocycles.